The number of hydrogen-bond acceptors (Lipinski definition) is 4. The first kappa shape index (κ1) is 18.6. The van der Waals surface area contributed by atoms with Crippen LogP contribution >= 0.6 is 0 Å². The van der Waals surface area contributed by atoms with Gasteiger partial charge in [0.05, 0.1) is 5.69 Å². The lowest BCUT2D eigenvalue weighted by Gasteiger charge is -2.07. The quantitative estimate of drug-likeness (QED) is 0.674. The minimum absolute atomic E-state index is 0.0366. The van der Waals surface area contributed by atoms with Crippen LogP contribution in [0.5, 0.6) is 0 Å². The molecule has 1 heterocycles. The van der Waals surface area contributed by atoms with Crippen molar-refractivity contribution in [2.24, 2.45) is 0 Å². The molecule has 1 aromatic heterocycles. The summed E-state index contributed by atoms with van der Waals surface area (Å²) in [4.78, 5) is 22.5. The number of aryl methyl sites for hydroxylation is 4. The van der Waals surface area contributed by atoms with Gasteiger partial charge in [0.2, 0.25) is 5.91 Å². The number of amides is 1. The van der Waals surface area contributed by atoms with Crippen molar-refractivity contribution < 1.29 is 14.7 Å². The molecule has 7 nitrogen and oxygen atoms in total. The van der Waals surface area contributed by atoms with Crippen LogP contribution < -0.4 is 5.32 Å². The topological polar surface area (TPSA) is 97.1 Å². The van der Waals surface area contributed by atoms with Crippen LogP contribution in [0.3, 0.4) is 0 Å². The number of rotatable bonds is 9. The summed E-state index contributed by atoms with van der Waals surface area (Å²) < 4.78 is 1.29. The lowest BCUT2D eigenvalue weighted by atomic mass is 10.0. The standard InChI is InChI=1S/C18H24N4O3/c1-13-5-6-15(14(2)10-13)7-8-17(23)19-9-3-4-16-11-22(21-20-16)12-18(24)25/h5-6,10-11H,3-4,7-9,12H2,1-2H3,(H,19,23)(H,24,25). The van der Waals surface area contributed by atoms with E-state index in [2.05, 4.69) is 47.7 Å². The molecule has 0 spiro atoms. The summed E-state index contributed by atoms with van der Waals surface area (Å²) in [6.45, 7) is 4.50. The van der Waals surface area contributed by atoms with E-state index < -0.39 is 5.97 Å². The molecule has 0 aliphatic carbocycles. The van der Waals surface area contributed by atoms with Gasteiger partial charge in [-0.25, -0.2) is 4.68 Å². The normalized spacial score (nSPS) is 10.6. The fraction of sp³-hybridized carbons (Fsp3) is 0.444. The third kappa shape index (κ3) is 6.37. The number of hydrogen-bond donors (Lipinski definition) is 2. The molecule has 0 unspecified atom stereocenters. The second-order valence-electron chi connectivity index (χ2n) is 6.18. The highest BCUT2D eigenvalue weighted by Crippen LogP contribution is 2.12. The van der Waals surface area contributed by atoms with Gasteiger partial charge < -0.3 is 10.4 Å². The van der Waals surface area contributed by atoms with Gasteiger partial charge in [0, 0.05) is 19.2 Å². The summed E-state index contributed by atoms with van der Waals surface area (Å²) in [5.74, 6) is -0.915. The molecule has 2 aromatic rings. The Morgan fingerprint density at radius 2 is 2.04 bits per heavy atom. The molecule has 134 valence electrons. The van der Waals surface area contributed by atoms with Crippen molar-refractivity contribution in [2.75, 3.05) is 6.54 Å². The zero-order chi connectivity index (χ0) is 18.2. The highest BCUT2D eigenvalue weighted by atomic mass is 16.4. The van der Waals surface area contributed by atoms with Crippen LogP contribution in [0, 0.1) is 13.8 Å². The molecule has 0 atom stereocenters. The molecular weight excluding hydrogens is 320 g/mol. The van der Waals surface area contributed by atoms with E-state index in [0.29, 0.717) is 19.4 Å². The van der Waals surface area contributed by atoms with Crippen molar-refractivity contribution in [3.8, 4) is 0 Å². The first-order valence-electron chi connectivity index (χ1n) is 8.37. The number of aliphatic carboxylic acids is 1. The van der Waals surface area contributed by atoms with E-state index >= 15 is 0 Å². The molecule has 0 aliphatic rings. The molecule has 25 heavy (non-hydrogen) atoms. The van der Waals surface area contributed by atoms with Gasteiger partial charge in [-0.1, -0.05) is 29.0 Å². The van der Waals surface area contributed by atoms with Gasteiger partial charge in [0.1, 0.15) is 6.54 Å². The molecule has 1 aromatic carbocycles. The maximum atomic E-state index is 11.9. The monoisotopic (exact) mass is 344 g/mol. The summed E-state index contributed by atoms with van der Waals surface area (Å²) in [6, 6.07) is 6.28. The lowest BCUT2D eigenvalue weighted by molar-refractivity contribution is -0.138. The molecule has 0 saturated heterocycles. The first-order valence-corrected chi connectivity index (χ1v) is 8.37. The third-order valence-corrected chi connectivity index (χ3v) is 3.93. The fourth-order valence-electron chi connectivity index (χ4n) is 2.63. The zero-order valence-electron chi connectivity index (χ0n) is 14.7. The van der Waals surface area contributed by atoms with E-state index in [-0.39, 0.29) is 12.5 Å². The van der Waals surface area contributed by atoms with E-state index in [1.807, 2.05) is 0 Å². The van der Waals surface area contributed by atoms with Crippen LogP contribution in [-0.4, -0.2) is 38.5 Å². The smallest absolute Gasteiger partial charge is 0.325 e. The summed E-state index contributed by atoms with van der Waals surface area (Å²) in [6.07, 6.45) is 4.22. The lowest BCUT2D eigenvalue weighted by Crippen LogP contribution is -2.25. The van der Waals surface area contributed by atoms with Gasteiger partial charge in [-0.05, 0) is 44.2 Å². The average molecular weight is 344 g/mol. The summed E-state index contributed by atoms with van der Waals surface area (Å²) in [5, 5.41) is 19.2. The molecule has 0 aliphatic heterocycles. The number of nitrogens with one attached hydrogen (secondary N) is 1. The van der Waals surface area contributed by atoms with Gasteiger partial charge in [0.15, 0.2) is 0 Å². The number of carbonyl (C=O) groups is 2. The number of carbonyl (C=O) groups excluding carboxylic acids is 1. The molecule has 2 N–H and O–H groups in total. The molecule has 7 heteroatoms. The van der Waals surface area contributed by atoms with Crippen LogP contribution in [0.2, 0.25) is 0 Å². The fourth-order valence-corrected chi connectivity index (χ4v) is 2.63. The first-order chi connectivity index (χ1) is 11.9. The Balaban J connectivity index is 1.65. The van der Waals surface area contributed by atoms with E-state index in [4.69, 9.17) is 5.11 Å². The summed E-state index contributed by atoms with van der Waals surface area (Å²) in [5.41, 5.74) is 4.38. The molecule has 1 amide bonds. The molecule has 0 radical (unpaired) electrons. The van der Waals surface area contributed by atoms with Crippen LogP contribution in [0.25, 0.3) is 0 Å². The van der Waals surface area contributed by atoms with Gasteiger partial charge in [-0.2, -0.15) is 0 Å². The van der Waals surface area contributed by atoms with Crippen molar-refractivity contribution in [3.63, 3.8) is 0 Å². The maximum Gasteiger partial charge on any atom is 0.325 e. The van der Waals surface area contributed by atoms with Crippen molar-refractivity contribution in [1.82, 2.24) is 20.3 Å². The maximum absolute atomic E-state index is 11.9. The van der Waals surface area contributed by atoms with Crippen LogP contribution in [0.1, 0.15) is 35.2 Å². The number of carboxylic acid groups (broad SMARTS) is 1. The van der Waals surface area contributed by atoms with Crippen molar-refractivity contribution in [3.05, 3.63) is 46.8 Å². The molecule has 0 saturated carbocycles. The number of aromatic nitrogens is 3. The summed E-state index contributed by atoms with van der Waals surface area (Å²) in [7, 11) is 0. The highest BCUT2D eigenvalue weighted by molar-refractivity contribution is 5.76. The zero-order valence-corrected chi connectivity index (χ0v) is 14.7. The second-order valence-corrected chi connectivity index (χ2v) is 6.18. The molecule has 2 rings (SSSR count). The number of nitrogens with zero attached hydrogens (tertiary/aromatic N) is 3. The molecule has 0 fully saturated rings. The SMILES string of the molecule is Cc1ccc(CCC(=O)NCCCc2cn(CC(=O)O)nn2)c(C)c1. The van der Waals surface area contributed by atoms with E-state index in [1.54, 1.807) is 6.20 Å². The summed E-state index contributed by atoms with van der Waals surface area (Å²) >= 11 is 0. The minimum atomic E-state index is -0.951. The van der Waals surface area contributed by atoms with E-state index in [1.165, 1.54) is 21.4 Å². The number of benzene rings is 1. The Morgan fingerprint density at radius 1 is 1.24 bits per heavy atom. The Labute approximate surface area is 147 Å². The Bertz CT molecular complexity index is 740. The van der Waals surface area contributed by atoms with Gasteiger partial charge >= 0.3 is 5.97 Å². The number of carboxylic acids is 1. The molecule has 0 bridgehead atoms. The van der Waals surface area contributed by atoms with Crippen LogP contribution in [-0.2, 0) is 29.0 Å². The minimum Gasteiger partial charge on any atom is -0.480 e. The van der Waals surface area contributed by atoms with Gasteiger partial charge in [-0.3, -0.25) is 9.59 Å². The van der Waals surface area contributed by atoms with Crippen molar-refractivity contribution in [1.29, 1.82) is 0 Å². The predicted octanol–water partition coefficient (Wildman–Crippen LogP) is 1.66. The molecular formula is C18H24N4O3. The van der Waals surface area contributed by atoms with Gasteiger partial charge in [0.25, 0.3) is 0 Å². The Kier molecular flexibility index (Phi) is 6.68. The van der Waals surface area contributed by atoms with Crippen LogP contribution in [0.15, 0.2) is 24.4 Å². The van der Waals surface area contributed by atoms with E-state index in [9.17, 15) is 9.59 Å². The Morgan fingerprint density at radius 3 is 2.76 bits per heavy atom. The average Bonchev–Trinajstić information content (AvgIpc) is 2.97. The highest BCUT2D eigenvalue weighted by Gasteiger charge is 2.06. The largest absolute Gasteiger partial charge is 0.480 e. The predicted molar refractivity (Wildman–Crippen MR) is 93.2 cm³/mol. The Hall–Kier alpha value is -2.70. The second kappa shape index (κ2) is 8.96. The van der Waals surface area contributed by atoms with Crippen LogP contribution in [0.4, 0.5) is 0 Å². The van der Waals surface area contributed by atoms with Crippen molar-refractivity contribution in [2.45, 2.75) is 46.1 Å². The third-order valence-electron chi connectivity index (χ3n) is 3.93. The van der Waals surface area contributed by atoms with Gasteiger partial charge in [-0.15, -0.1) is 5.10 Å². The van der Waals surface area contributed by atoms with E-state index in [0.717, 1.165) is 18.5 Å². The van der Waals surface area contributed by atoms with Crippen molar-refractivity contribution >= 4 is 11.9 Å².